The maximum Gasteiger partial charge on any atom is 0.162 e. The summed E-state index contributed by atoms with van der Waals surface area (Å²) in [7, 11) is 0. The van der Waals surface area contributed by atoms with E-state index in [1.54, 1.807) is 0 Å². The Morgan fingerprint density at radius 3 is 1.16 bits per heavy atom. The lowest BCUT2D eigenvalue weighted by Gasteiger charge is -2.55. The largest absolute Gasteiger partial charge is 0.162 e. The smallest absolute Gasteiger partial charge is 0.0741 e. The predicted octanol–water partition coefficient (Wildman–Crippen LogP) is 11.4. The fraction of sp³-hybridized carbons (Fsp3) is 0.500. The SMILES string of the molecule is BrC(Br)(Br)C(Br)(Br)C(Br)(Br)C(Br)(Br)C(Br)(c1ccccc1)C(Br)(Br)Br. The van der Waals surface area contributed by atoms with Crippen LogP contribution in [-0.2, 0) is 4.32 Å². The molecule has 0 saturated carbocycles. The molecule has 0 aliphatic heterocycles. The van der Waals surface area contributed by atoms with Gasteiger partial charge < -0.3 is 0 Å². The highest BCUT2D eigenvalue weighted by Crippen LogP contribution is 2.76. The molecule has 0 aromatic heterocycles. The van der Waals surface area contributed by atoms with Crippen LogP contribution in [0.3, 0.4) is 0 Å². The molecule has 0 spiro atoms. The average Bonchev–Trinajstić information content (AvgIpc) is 2.44. The topological polar surface area (TPSA) is 0 Å². The first-order valence-electron chi connectivity index (χ1n) is 5.87. The molecule has 0 fully saturated rings. The molecule has 0 radical (unpaired) electrons. The standard InChI is InChI=1S/C12H5Br13/c13-7(11(20,21)22,6-4-2-1-3-5-6)8(14,15)9(16,17)10(18,19)12(23,24)25/h1-5H. The Morgan fingerprint density at radius 1 is 0.440 bits per heavy atom. The fourth-order valence-electron chi connectivity index (χ4n) is 1.78. The van der Waals surface area contributed by atoms with Crippen LogP contribution < -0.4 is 0 Å². The highest BCUT2D eigenvalue weighted by Gasteiger charge is 2.73. The average molecular weight is 1190 g/mol. The Kier molecular flexibility index (Phi) is 11.1. The molecule has 1 aromatic rings. The van der Waals surface area contributed by atoms with Gasteiger partial charge in [0.25, 0.3) is 0 Å². The van der Waals surface area contributed by atoms with Crippen molar-refractivity contribution in [2.24, 2.45) is 0 Å². The van der Waals surface area contributed by atoms with Gasteiger partial charge in [0.2, 0.25) is 0 Å². The Labute approximate surface area is 256 Å². The number of halogens is 13. The zero-order valence-electron chi connectivity index (χ0n) is 11.3. The lowest BCUT2D eigenvalue weighted by molar-refractivity contribution is 0.569. The quantitative estimate of drug-likeness (QED) is 0.264. The molecule has 0 nitrogen and oxygen atoms in total. The molecule has 1 unspecified atom stereocenters. The molecule has 1 atom stereocenters. The van der Waals surface area contributed by atoms with Crippen LogP contribution in [0.15, 0.2) is 30.3 Å². The normalized spacial score (nSPS) is 17.3. The van der Waals surface area contributed by atoms with Gasteiger partial charge in [0.1, 0.15) is 14.0 Å². The van der Waals surface area contributed by atoms with Crippen LogP contribution in [0.2, 0.25) is 0 Å². The maximum absolute atomic E-state index is 3.95. The van der Waals surface area contributed by atoms with Crippen molar-refractivity contribution in [1.82, 2.24) is 0 Å². The van der Waals surface area contributed by atoms with Crippen LogP contribution in [-0.4, -0.2) is 14.0 Å². The van der Waals surface area contributed by atoms with Gasteiger partial charge in [-0.2, -0.15) is 0 Å². The second-order valence-corrected chi connectivity index (χ2v) is 29.8. The van der Waals surface area contributed by atoms with Crippen LogP contribution in [0.5, 0.6) is 0 Å². The van der Waals surface area contributed by atoms with E-state index in [1.807, 2.05) is 30.3 Å². The molecule has 0 aliphatic carbocycles. The Bertz CT molecular complexity index is 598. The van der Waals surface area contributed by atoms with E-state index < -0.39 is 18.3 Å². The first-order chi connectivity index (χ1) is 10.9. The number of rotatable bonds is 4. The first kappa shape index (κ1) is 28.5. The van der Waals surface area contributed by atoms with Gasteiger partial charge in [0.05, 0.1) is 0 Å². The van der Waals surface area contributed by atoms with E-state index in [9.17, 15) is 0 Å². The van der Waals surface area contributed by atoms with Crippen molar-refractivity contribution in [1.29, 1.82) is 0 Å². The maximum atomic E-state index is 3.95. The van der Waals surface area contributed by atoms with E-state index in [0.29, 0.717) is 0 Å². The van der Waals surface area contributed by atoms with Crippen LogP contribution in [0, 0.1) is 0 Å². The lowest BCUT2D eigenvalue weighted by atomic mass is 9.94. The van der Waals surface area contributed by atoms with Crippen LogP contribution in [0.25, 0.3) is 0 Å². The summed E-state index contributed by atoms with van der Waals surface area (Å²) in [4.78, 5) is 0. The molecule has 1 rings (SSSR count). The summed E-state index contributed by atoms with van der Waals surface area (Å²) in [6.07, 6.45) is 0. The zero-order valence-corrected chi connectivity index (χ0v) is 31.9. The molecule has 1 aromatic carbocycles. The molecule has 0 N–H and O–H groups in total. The summed E-state index contributed by atoms with van der Waals surface area (Å²) in [5.41, 5.74) is 0.984. The van der Waals surface area contributed by atoms with E-state index in [4.69, 9.17) is 0 Å². The van der Waals surface area contributed by atoms with Gasteiger partial charge in [0, 0.05) is 0 Å². The van der Waals surface area contributed by atoms with E-state index in [2.05, 4.69) is 207 Å². The van der Waals surface area contributed by atoms with Crippen molar-refractivity contribution in [3.63, 3.8) is 0 Å². The zero-order chi connectivity index (χ0) is 20.1. The highest BCUT2D eigenvalue weighted by molar-refractivity contribution is 9.42. The molecule has 0 amide bonds. The summed E-state index contributed by atoms with van der Waals surface area (Å²) in [6.45, 7) is 0. The second kappa shape index (κ2) is 9.75. The first-order valence-corrected chi connectivity index (χ1v) is 16.2. The molecule has 0 bridgehead atoms. The Balaban J connectivity index is 3.75. The van der Waals surface area contributed by atoms with Crippen molar-refractivity contribution < 1.29 is 0 Å². The third-order valence-corrected chi connectivity index (χ3v) is 25.6. The van der Waals surface area contributed by atoms with E-state index in [1.165, 1.54) is 0 Å². The summed E-state index contributed by atoms with van der Waals surface area (Å²) in [6, 6.07) is 9.96. The lowest BCUT2D eigenvalue weighted by Crippen LogP contribution is -2.63. The molecule has 0 saturated heterocycles. The molecular weight excluding hydrogens is 1180 g/mol. The van der Waals surface area contributed by atoms with Crippen molar-refractivity contribution in [2.45, 2.75) is 18.3 Å². The van der Waals surface area contributed by atoms with E-state index in [-0.39, 0.29) is 0 Å². The summed E-state index contributed by atoms with van der Waals surface area (Å²) in [5.74, 6) is 0. The highest BCUT2D eigenvalue weighted by atomic mass is 80.0. The van der Waals surface area contributed by atoms with Crippen LogP contribution in [0.4, 0.5) is 0 Å². The van der Waals surface area contributed by atoms with Crippen molar-refractivity contribution >= 4 is 207 Å². The van der Waals surface area contributed by atoms with E-state index >= 15 is 0 Å². The Morgan fingerprint density at radius 2 is 0.840 bits per heavy atom. The summed E-state index contributed by atoms with van der Waals surface area (Å²) < 4.78 is -4.80. The van der Waals surface area contributed by atoms with Crippen molar-refractivity contribution in [3.8, 4) is 0 Å². The van der Waals surface area contributed by atoms with E-state index in [0.717, 1.165) is 5.56 Å². The second-order valence-electron chi connectivity index (χ2n) is 4.74. The monoisotopic (exact) mass is 1170 g/mol. The van der Waals surface area contributed by atoms with Crippen LogP contribution >= 0.6 is 207 Å². The minimum Gasteiger partial charge on any atom is -0.0741 e. The molecule has 13 heteroatoms. The van der Waals surface area contributed by atoms with Gasteiger partial charge in [-0.1, -0.05) is 237 Å². The van der Waals surface area contributed by atoms with Gasteiger partial charge in [-0.25, -0.2) is 0 Å². The van der Waals surface area contributed by atoms with Gasteiger partial charge in [-0.3, -0.25) is 0 Å². The van der Waals surface area contributed by atoms with Gasteiger partial charge >= 0.3 is 0 Å². The van der Waals surface area contributed by atoms with Crippen molar-refractivity contribution in [3.05, 3.63) is 35.9 Å². The van der Waals surface area contributed by atoms with Crippen LogP contribution in [0.1, 0.15) is 5.56 Å². The Hall–Kier alpha value is 5.46. The van der Waals surface area contributed by atoms with Gasteiger partial charge in [-0.15, -0.1) is 0 Å². The number of benzene rings is 1. The number of hydrogen-bond donors (Lipinski definition) is 0. The van der Waals surface area contributed by atoms with Crippen molar-refractivity contribution in [2.75, 3.05) is 0 Å². The molecular formula is C12H5Br13. The fourth-order valence-corrected chi connectivity index (χ4v) is 13.0. The van der Waals surface area contributed by atoms with Gasteiger partial charge in [-0.05, 0) is 5.56 Å². The molecule has 144 valence electrons. The molecule has 25 heavy (non-hydrogen) atoms. The molecule has 0 heterocycles. The molecule has 0 aliphatic rings. The third-order valence-electron chi connectivity index (χ3n) is 3.14. The number of alkyl halides is 13. The van der Waals surface area contributed by atoms with Gasteiger partial charge in [0.15, 0.2) is 4.29 Å². The minimum atomic E-state index is -0.870. The minimum absolute atomic E-state index is 0.724. The summed E-state index contributed by atoms with van der Waals surface area (Å²) >= 11 is 48.8. The third kappa shape index (κ3) is 5.35. The summed E-state index contributed by atoms with van der Waals surface area (Å²) in [5, 5.41) is 0. The predicted molar refractivity (Wildman–Crippen MR) is 158 cm³/mol. The number of hydrogen-bond acceptors (Lipinski definition) is 0.